The summed E-state index contributed by atoms with van der Waals surface area (Å²) >= 11 is 6.09. The lowest BCUT2D eigenvalue weighted by atomic mass is 10.0. The van der Waals surface area contributed by atoms with Gasteiger partial charge in [0.15, 0.2) is 5.69 Å². The molecule has 1 amide bonds. The number of carbonyl (C=O) groups excluding carboxylic acids is 1. The summed E-state index contributed by atoms with van der Waals surface area (Å²) in [6.07, 6.45) is 8.29. The molecule has 8 nitrogen and oxygen atoms in total. The van der Waals surface area contributed by atoms with E-state index in [2.05, 4.69) is 20.4 Å². The molecule has 1 aliphatic carbocycles. The Labute approximate surface area is 208 Å². The van der Waals surface area contributed by atoms with Crippen LogP contribution in [-0.2, 0) is 12.8 Å². The summed E-state index contributed by atoms with van der Waals surface area (Å²) in [5.41, 5.74) is 4.26. The first-order chi connectivity index (χ1) is 17.0. The van der Waals surface area contributed by atoms with Crippen molar-refractivity contribution in [2.24, 2.45) is 5.92 Å². The highest BCUT2D eigenvalue weighted by Crippen LogP contribution is 2.29. The van der Waals surface area contributed by atoms with Crippen LogP contribution in [0.4, 0.5) is 0 Å². The van der Waals surface area contributed by atoms with Gasteiger partial charge in [0.25, 0.3) is 5.91 Å². The molecule has 5 rings (SSSR count). The fourth-order valence-corrected chi connectivity index (χ4v) is 4.58. The second-order valence-corrected chi connectivity index (χ2v) is 9.55. The largest absolute Gasteiger partial charge is 0.339 e. The Morgan fingerprint density at radius 3 is 2.54 bits per heavy atom. The van der Waals surface area contributed by atoms with Gasteiger partial charge in [-0.2, -0.15) is 10.1 Å². The van der Waals surface area contributed by atoms with Crippen LogP contribution in [0.3, 0.4) is 0 Å². The highest BCUT2D eigenvalue weighted by molar-refractivity contribution is 6.30. The number of amides is 1. The summed E-state index contributed by atoms with van der Waals surface area (Å²) in [6.45, 7) is 4.02. The predicted octanol–water partition coefficient (Wildman–Crippen LogP) is 5.37. The van der Waals surface area contributed by atoms with Gasteiger partial charge in [-0.1, -0.05) is 37.0 Å². The molecule has 35 heavy (non-hydrogen) atoms. The summed E-state index contributed by atoms with van der Waals surface area (Å²) in [4.78, 5) is 22.2. The molecule has 0 saturated carbocycles. The lowest BCUT2D eigenvalue weighted by molar-refractivity contribution is 0.0907. The van der Waals surface area contributed by atoms with E-state index in [1.54, 1.807) is 12.4 Å². The van der Waals surface area contributed by atoms with E-state index in [4.69, 9.17) is 21.2 Å². The SMILES string of the molecule is CC(C)C(NC(=O)c1nn(-c2ccc(Cl)cc2)c2c1CCCCC2)c1nc(-c2ccncc2)no1. The van der Waals surface area contributed by atoms with Gasteiger partial charge in [0.1, 0.15) is 6.04 Å². The third-order valence-electron chi connectivity index (χ3n) is 6.32. The fourth-order valence-electron chi connectivity index (χ4n) is 4.46. The first kappa shape index (κ1) is 23.2. The van der Waals surface area contributed by atoms with Crippen LogP contribution in [0.1, 0.15) is 66.8 Å². The summed E-state index contributed by atoms with van der Waals surface area (Å²) in [6, 6.07) is 10.7. The van der Waals surface area contributed by atoms with Gasteiger partial charge >= 0.3 is 0 Å². The van der Waals surface area contributed by atoms with E-state index in [0.717, 1.165) is 54.6 Å². The van der Waals surface area contributed by atoms with Crippen LogP contribution in [0.5, 0.6) is 0 Å². The van der Waals surface area contributed by atoms with Crippen LogP contribution in [-0.4, -0.2) is 30.8 Å². The molecule has 0 aliphatic heterocycles. The zero-order valence-corrected chi connectivity index (χ0v) is 20.5. The number of carbonyl (C=O) groups is 1. The van der Waals surface area contributed by atoms with Crippen LogP contribution in [0, 0.1) is 5.92 Å². The second-order valence-electron chi connectivity index (χ2n) is 9.11. The number of fused-ring (bicyclic) bond motifs is 1. The number of nitrogens with zero attached hydrogens (tertiary/aromatic N) is 5. The Morgan fingerprint density at radius 1 is 1.06 bits per heavy atom. The quantitative estimate of drug-likeness (QED) is 0.365. The van der Waals surface area contributed by atoms with Gasteiger partial charge in [-0.3, -0.25) is 9.78 Å². The molecule has 1 N–H and O–H groups in total. The summed E-state index contributed by atoms with van der Waals surface area (Å²) < 4.78 is 7.46. The first-order valence-corrected chi connectivity index (χ1v) is 12.3. The molecule has 1 aliphatic rings. The van der Waals surface area contributed by atoms with E-state index >= 15 is 0 Å². The molecule has 1 atom stereocenters. The number of benzene rings is 1. The van der Waals surface area contributed by atoms with Crippen molar-refractivity contribution in [3.63, 3.8) is 0 Å². The Hall–Kier alpha value is -3.52. The molecule has 3 aromatic heterocycles. The molecule has 0 saturated heterocycles. The van der Waals surface area contributed by atoms with E-state index in [1.807, 2.05) is 54.9 Å². The van der Waals surface area contributed by atoms with Crippen molar-refractivity contribution in [3.8, 4) is 17.1 Å². The van der Waals surface area contributed by atoms with Gasteiger partial charge in [-0.25, -0.2) is 4.68 Å². The topological polar surface area (TPSA) is 98.7 Å². The molecule has 0 bridgehead atoms. The summed E-state index contributed by atoms with van der Waals surface area (Å²) in [7, 11) is 0. The van der Waals surface area contributed by atoms with Gasteiger partial charge in [0.2, 0.25) is 11.7 Å². The zero-order valence-electron chi connectivity index (χ0n) is 19.7. The van der Waals surface area contributed by atoms with Gasteiger partial charge in [-0.15, -0.1) is 0 Å². The van der Waals surface area contributed by atoms with E-state index < -0.39 is 6.04 Å². The number of pyridine rings is 1. The number of hydrogen-bond donors (Lipinski definition) is 1. The average molecular weight is 491 g/mol. The Bertz CT molecular complexity index is 1310. The average Bonchev–Trinajstić information content (AvgIpc) is 3.42. The molecule has 3 heterocycles. The van der Waals surface area contributed by atoms with Gasteiger partial charge in [0, 0.05) is 34.2 Å². The summed E-state index contributed by atoms with van der Waals surface area (Å²) in [5.74, 6) is 0.617. The number of nitrogens with one attached hydrogen (secondary N) is 1. The standard InChI is InChI=1S/C26H27ClN6O2/c1-16(2)22(26-30-24(32-35-26)17-12-14-28-15-13-17)29-25(34)23-20-6-4-3-5-7-21(20)33(31-23)19-10-8-18(27)9-11-19/h8-16,22H,3-7H2,1-2H3,(H,29,34). The molecule has 4 aromatic rings. The molecule has 1 unspecified atom stereocenters. The Morgan fingerprint density at radius 2 is 1.80 bits per heavy atom. The first-order valence-electron chi connectivity index (χ1n) is 11.9. The van der Waals surface area contributed by atoms with Crippen LogP contribution in [0.25, 0.3) is 17.1 Å². The lowest BCUT2D eigenvalue weighted by Gasteiger charge is -2.18. The van der Waals surface area contributed by atoms with Gasteiger partial charge < -0.3 is 9.84 Å². The maximum absolute atomic E-state index is 13.6. The van der Waals surface area contributed by atoms with E-state index in [0.29, 0.717) is 22.4 Å². The van der Waals surface area contributed by atoms with Crippen molar-refractivity contribution in [2.45, 2.75) is 52.0 Å². The van der Waals surface area contributed by atoms with E-state index in [1.165, 1.54) is 0 Å². The third kappa shape index (κ3) is 4.84. The zero-order chi connectivity index (χ0) is 24.4. The highest BCUT2D eigenvalue weighted by atomic mass is 35.5. The van der Waals surface area contributed by atoms with E-state index in [-0.39, 0.29) is 11.8 Å². The Balaban J connectivity index is 1.46. The molecule has 0 fully saturated rings. The number of aromatic nitrogens is 5. The maximum atomic E-state index is 13.6. The minimum Gasteiger partial charge on any atom is -0.339 e. The monoisotopic (exact) mass is 490 g/mol. The molecule has 1 aromatic carbocycles. The van der Waals surface area contributed by atoms with Crippen molar-refractivity contribution in [3.05, 3.63) is 76.7 Å². The molecule has 0 spiro atoms. The minimum absolute atomic E-state index is 0.0293. The molecular weight excluding hydrogens is 464 g/mol. The van der Waals surface area contributed by atoms with Gasteiger partial charge in [0.05, 0.1) is 5.69 Å². The third-order valence-corrected chi connectivity index (χ3v) is 6.57. The predicted molar refractivity (Wildman–Crippen MR) is 132 cm³/mol. The molecule has 9 heteroatoms. The van der Waals surface area contributed by atoms with Crippen LogP contribution in [0.2, 0.25) is 5.02 Å². The normalized spacial score (nSPS) is 14.4. The van der Waals surface area contributed by atoms with Crippen LogP contribution >= 0.6 is 11.6 Å². The lowest BCUT2D eigenvalue weighted by Crippen LogP contribution is -2.33. The van der Waals surface area contributed by atoms with Crippen molar-refractivity contribution in [2.75, 3.05) is 0 Å². The van der Waals surface area contributed by atoms with Crippen molar-refractivity contribution in [1.29, 1.82) is 0 Å². The molecular formula is C26H27ClN6O2. The fraction of sp³-hybridized carbons (Fsp3) is 0.346. The number of halogens is 1. The Kier molecular flexibility index (Phi) is 6.63. The minimum atomic E-state index is -0.451. The van der Waals surface area contributed by atoms with E-state index in [9.17, 15) is 4.79 Å². The van der Waals surface area contributed by atoms with Gasteiger partial charge in [-0.05, 0) is 68.0 Å². The number of hydrogen-bond acceptors (Lipinski definition) is 6. The molecule has 180 valence electrons. The molecule has 0 radical (unpaired) electrons. The van der Waals surface area contributed by atoms with Crippen molar-refractivity contribution >= 4 is 17.5 Å². The second kappa shape index (κ2) is 10.00. The highest BCUT2D eigenvalue weighted by Gasteiger charge is 2.30. The number of rotatable bonds is 6. The van der Waals surface area contributed by atoms with Crippen LogP contribution < -0.4 is 5.32 Å². The smallest absolute Gasteiger partial charge is 0.272 e. The maximum Gasteiger partial charge on any atom is 0.272 e. The van der Waals surface area contributed by atoms with Crippen LogP contribution in [0.15, 0.2) is 53.3 Å². The van der Waals surface area contributed by atoms with Crippen molar-refractivity contribution < 1.29 is 9.32 Å². The van der Waals surface area contributed by atoms with Crippen molar-refractivity contribution in [1.82, 2.24) is 30.2 Å². The summed E-state index contributed by atoms with van der Waals surface area (Å²) in [5, 5.41) is 12.7.